The molecule has 3 heterocycles. The molecule has 1 aliphatic rings. The third-order valence-electron chi connectivity index (χ3n) is 5.19. The molecule has 1 fully saturated rings. The van der Waals surface area contributed by atoms with E-state index in [0.29, 0.717) is 23.0 Å². The van der Waals surface area contributed by atoms with Crippen LogP contribution in [0.3, 0.4) is 0 Å². The lowest BCUT2D eigenvalue weighted by atomic mass is 10.2. The molecule has 32 heavy (non-hydrogen) atoms. The topological polar surface area (TPSA) is 165 Å². The van der Waals surface area contributed by atoms with E-state index in [1.807, 2.05) is 12.1 Å². The number of nitrogens with zero attached hydrogens (tertiary/aromatic N) is 5. The first-order valence-electron chi connectivity index (χ1n) is 10.3. The number of nitrogens with two attached hydrogens (primary N) is 2. The molecule has 4 rings (SSSR count). The first kappa shape index (κ1) is 21.1. The highest BCUT2D eigenvalue weighted by atomic mass is 16.1. The van der Waals surface area contributed by atoms with Crippen molar-refractivity contribution in [2.45, 2.75) is 38.3 Å². The minimum atomic E-state index is -0.150. The summed E-state index contributed by atoms with van der Waals surface area (Å²) in [4.78, 5) is 20.9. The van der Waals surface area contributed by atoms with Gasteiger partial charge in [0.05, 0.1) is 18.1 Å². The fraction of sp³-hybridized carbons (Fsp3) is 0.286. The van der Waals surface area contributed by atoms with Crippen LogP contribution in [0.15, 0.2) is 64.5 Å². The summed E-state index contributed by atoms with van der Waals surface area (Å²) in [6.07, 6.45) is 9.46. The average Bonchev–Trinajstić information content (AvgIpc) is 3.46. The van der Waals surface area contributed by atoms with Crippen LogP contribution < -0.4 is 27.7 Å². The van der Waals surface area contributed by atoms with Crippen LogP contribution >= 0.6 is 0 Å². The number of nitrogens with one attached hydrogen (secondary N) is 3. The Morgan fingerprint density at radius 1 is 1.25 bits per heavy atom. The Bertz CT molecular complexity index is 1160. The maximum Gasteiger partial charge on any atom is 0.255 e. The molecule has 2 atom stereocenters. The Labute approximate surface area is 184 Å². The molecule has 7 N–H and O–H groups in total. The van der Waals surface area contributed by atoms with Gasteiger partial charge in [-0.05, 0) is 44.4 Å². The smallest absolute Gasteiger partial charge is 0.255 e. The minimum Gasteiger partial charge on any atom is -0.401 e. The lowest BCUT2D eigenvalue weighted by molar-refractivity contribution is 0.618. The number of rotatable bonds is 6. The van der Waals surface area contributed by atoms with Gasteiger partial charge in [0.1, 0.15) is 11.5 Å². The first-order chi connectivity index (χ1) is 15.5. The molecule has 1 saturated carbocycles. The van der Waals surface area contributed by atoms with Crippen LogP contribution in [0.25, 0.3) is 16.9 Å². The maximum atomic E-state index is 12.4. The zero-order valence-electron chi connectivity index (χ0n) is 17.7. The number of aliphatic imine (C=N–C) groups is 1. The van der Waals surface area contributed by atoms with E-state index in [-0.39, 0.29) is 17.6 Å². The lowest BCUT2D eigenvalue weighted by Crippen LogP contribution is -2.39. The largest absolute Gasteiger partial charge is 0.401 e. The first-order valence-corrected chi connectivity index (χ1v) is 10.3. The molecule has 11 nitrogen and oxygen atoms in total. The number of aromatic amines is 1. The molecule has 166 valence electrons. The number of anilines is 1. The molecule has 0 saturated heterocycles. The van der Waals surface area contributed by atoms with Gasteiger partial charge < -0.3 is 22.1 Å². The molecule has 1 aliphatic carbocycles. The van der Waals surface area contributed by atoms with Gasteiger partial charge in [-0.3, -0.25) is 14.5 Å². The van der Waals surface area contributed by atoms with E-state index < -0.39 is 0 Å². The van der Waals surface area contributed by atoms with Crippen LogP contribution in [0.4, 0.5) is 5.82 Å². The predicted octanol–water partition coefficient (Wildman–Crippen LogP) is 1.07. The minimum absolute atomic E-state index is 0.150. The monoisotopic (exact) mass is 434 g/mol. The fourth-order valence-corrected chi connectivity index (χ4v) is 3.67. The van der Waals surface area contributed by atoms with Crippen LogP contribution in [-0.4, -0.2) is 43.0 Å². The molecule has 0 spiro atoms. The normalized spacial score (nSPS) is 19.2. The van der Waals surface area contributed by atoms with Crippen LogP contribution in [0, 0.1) is 0 Å². The number of hydrogen-bond acceptors (Lipinski definition) is 7. The van der Waals surface area contributed by atoms with Gasteiger partial charge >= 0.3 is 0 Å². The zero-order chi connectivity index (χ0) is 22.5. The maximum absolute atomic E-state index is 12.4. The van der Waals surface area contributed by atoms with Crippen molar-refractivity contribution in [3.63, 3.8) is 0 Å². The van der Waals surface area contributed by atoms with Crippen molar-refractivity contribution in [2.24, 2.45) is 16.5 Å². The highest BCUT2D eigenvalue weighted by Gasteiger charge is 2.25. The van der Waals surface area contributed by atoms with E-state index in [2.05, 4.69) is 36.0 Å². The van der Waals surface area contributed by atoms with E-state index in [1.54, 1.807) is 31.6 Å². The van der Waals surface area contributed by atoms with Gasteiger partial charge in [-0.2, -0.15) is 0 Å². The van der Waals surface area contributed by atoms with Crippen molar-refractivity contribution in [3.05, 3.63) is 65.1 Å². The van der Waals surface area contributed by atoms with Gasteiger partial charge in [0.15, 0.2) is 5.96 Å². The van der Waals surface area contributed by atoms with E-state index in [4.69, 9.17) is 11.5 Å². The van der Waals surface area contributed by atoms with Crippen molar-refractivity contribution in [2.75, 3.05) is 5.32 Å². The second-order valence-corrected chi connectivity index (χ2v) is 7.77. The van der Waals surface area contributed by atoms with Crippen LogP contribution in [0.1, 0.15) is 26.2 Å². The molecular weight excluding hydrogens is 408 g/mol. The van der Waals surface area contributed by atoms with Crippen molar-refractivity contribution in [1.82, 2.24) is 30.3 Å². The molecule has 3 aromatic rings. The van der Waals surface area contributed by atoms with Crippen LogP contribution in [0.5, 0.6) is 0 Å². The fourth-order valence-electron chi connectivity index (χ4n) is 3.67. The van der Waals surface area contributed by atoms with Crippen LogP contribution in [-0.2, 0) is 0 Å². The van der Waals surface area contributed by atoms with Crippen molar-refractivity contribution < 1.29 is 0 Å². The standard InChI is InChI=1S/C21H26N10O/c1-13(22)9-25-21(23)28-16-4-3-15(8-16)27-19-6-5-17(10-24-19)31-12-14(2-7-20(31)32)18-11-26-30-29-18/h2,5-7,9-12,15-16H,3-4,8,22H2,1H3,(H,24,27)(H3,23,25,28)(H,26,29,30)/b13-9-/t15-,16-/m0/s1. The number of allylic oxidation sites excluding steroid dienone is 1. The molecule has 0 radical (unpaired) electrons. The van der Waals surface area contributed by atoms with E-state index in [1.165, 1.54) is 16.8 Å². The summed E-state index contributed by atoms with van der Waals surface area (Å²) < 4.78 is 1.54. The number of H-pyrrole nitrogens is 1. The summed E-state index contributed by atoms with van der Waals surface area (Å²) in [5, 5.41) is 17.0. The summed E-state index contributed by atoms with van der Waals surface area (Å²) in [6, 6.07) is 7.45. The molecule has 0 amide bonds. The van der Waals surface area contributed by atoms with Gasteiger partial charge in [-0.15, -0.1) is 5.10 Å². The summed E-state index contributed by atoms with van der Waals surface area (Å²) in [6.45, 7) is 1.76. The summed E-state index contributed by atoms with van der Waals surface area (Å²) >= 11 is 0. The van der Waals surface area contributed by atoms with Crippen molar-refractivity contribution >= 4 is 11.8 Å². The molecule has 3 aromatic heterocycles. The number of hydrogen-bond donors (Lipinski definition) is 5. The summed E-state index contributed by atoms with van der Waals surface area (Å²) in [5.74, 6) is 1.12. The lowest BCUT2D eigenvalue weighted by Gasteiger charge is -2.16. The van der Waals surface area contributed by atoms with Gasteiger partial charge in [0.25, 0.3) is 5.56 Å². The van der Waals surface area contributed by atoms with Gasteiger partial charge in [-0.25, -0.2) is 9.98 Å². The van der Waals surface area contributed by atoms with Gasteiger partial charge in [0.2, 0.25) is 0 Å². The zero-order valence-corrected chi connectivity index (χ0v) is 17.7. The highest BCUT2D eigenvalue weighted by Crippen LogP contribution is 2.23. The van der Waals surface area contributed by atoms with Crippen molar-refractivity contribution in [1.29, 1.82) is 0 Å². The number of aromatic nitrogens is 5. The quantitative estimate of drug-likeness (QED) is 0.284. The molecule has 0 aromatic carbocycles. The molecule has 11 heteroatoms. The molecular formula is C21H26N10O. The third-order valence-corrected chi connectivity index (χ3v) is 5.19. The summed E-state index contributed by atoms with van der Waals surface area (Å²) in [7, 11) is 0. The van der Waals surface area contributed by atoms with E-state index >= 15 is 0 Å². The molecule has 0 aliphatic heterocycles. The average molecular weight is 435 g/mol. The van der Waals surface area contributed by atoms with E-state index in [9.17, 15) is 4.79 Å². The third kappa shape index (κ3) is 5.12. The Balaban J connectivity index is 1.39. The molecule has 0 unspecified atom stereocenters. The van der Waals surface area contributed by atoms with E-state index in [0.717, 1.165) is 30.6 Å². The Morgan fingerprint density at radius 2 is 2.09 bits per heavy atom. The number of guanidine groups is 1. The van der Waals surface area contributed by atoms with Crippen molar-refractivity contribution in [3.8, 4) is 16.9 Å². The predicted molar refractivity (Wildman–Crippen MR) is 123 cm³/mol. The second kappa shape index (κ2) is 9.33. The second-order valence-electron chi connectivity index (χ2n) is 7.77. The Hall–Kier alpha value is -4.15. The van der Waals surface area contributed by atoms with Crippen LogP contribution in [0.2, 0.25) is 0 Å². The Kier molecular flexibility index (Phi) is 6.15. The molecule has 0 bridgehead atoms. The number of pyridine rings is 2. The Morgan fingerprint density at radius 3 is 2.81 bits per heavy atom. The highest BCUT2D eigenvalue weighted by molar-refractivity contribution is 5.78. The SMILES string of the molecule is C/C(N)=C/N=C(\N)N[C@H]1CC[C@H](Nc2ccc(-n3cc(-c4c[nH]nn4)ccc3=O)cn2)C1. The summed E-state index contributed by atoms with van der Waals surface area (Å²) in [5.41, 5.74) is 14.0. The van der Waals surface area contributed by atoms with Gasteiger partial charge in [-0.1, -0.05) is 5.21 Å². The van der Waals surface area contributed by atoms with Gasteiger partial charge in [0, 0.05) is 41.8 Å².